The molecule has 0 aromatic carbocycles. The number of hydrogen-bond acceptors (Lipinski definition) is 2. The largest absolute Gasteiger partial charge is 0.328 e. The van der Waals surface area contributed by atoms with Crippen LogP contribution in [0.4, 0.5) is 0 Å². The summed E-state index contributed by atoms with van der Waals surface area (Å²) in [4.78, 5) is 2.71. The Balaban J connectivity index is 1.82. The fraction of sp³-hybridized carbons (Fsp3) is 1.00. The molecule has 1 aliphatic carbocycles. The molecule has 2 fully saturated rings. The molecule has 1 saturated heterocycles. The van der Waals surface area contributed by atoms with Crippen molar-refractivity contribution in [3.63, 3.8) is 0 Å². The molecule has 0 spiro atoms. The Kier molecular flexibility index (Phi) is 4.04. The minimum atomic E-state index is 0.479. The summed E-state index contributed by atoms with van der Waals surface area (Å²) in [6, 6.07) is 1.36. The predicted octanol–water partition coefficient (Wildman–Crippen LogP) is 2.38. The summed E-state index contributed by atoms with van der Waals surface area (Å²) in [6.45, 7) is 4.85. The van der Waals surface area contributed by atoms with Crippen molar-refractivity contribution < 1.29 is 0 Å². The molecule has 88 valence electrons. The van der Waals surface area contributed by atoms with Crippen LogP contribution in [0.5, 0.6) is 0 Å². The normalized spacial score (nSPS) is 35.6. The number of nitrogens with two attached hydrogens (primary N) is 1. The summed E-state index contributed by atoms with van der Waals surface area (Å²) in [5.41, 5.74) is 5.95. The molecule has 0 radical (unpaired) electrons. The second-order valence-electron chi connectivity index (χ2n) is 5.47. The Morgan fingerprint density at radius 3 is 2.53 bits per heavy atom. The number of hydrogen-bond donors (Lipinski definition) is 1. The van der Waals surface area contributed by atoms with Crippen molar-refractivity contribution in [2.24, 2.45) is 11.7 Å². The van der Waals surface area contributed by atoms with E-state index in [4.69, 9.17) is 5.73 Å². The van der Waals surface area contributed by atoms with E-state index in [1.807, 2.05) is 0 Å². The molecule has 1 saturated carbocycles. The van der Waals surface area contributed by atoms with E-state index in [1.54, 1.807) is 0 Å². The molecule has 15 heavy (non-hydrogen) atoms. The summed E-state index contributed by atoms with van der Waals surface area (Å²) in [6.07, 6.45) is 9.62. The molecule has 0 aromatic rings. The smallest absolute Gasteiger partial charge is 0.00979 e. The highest BCUT2D eigenvalue weighted by atomic mass is 15.2. The van der Waals surface area contributed by atoms with E-state index >= 15 is 0 Å². The van der Waals surface area contributed by atoms with Crippen molar-refractivity contribution >= 4 is 0 Å². The average Bonchev–Trinajstić information content (AvgIpc) is 2.30. The van der Waals surface area contributed by atoms with Gasteiger partial charge in [0.15, 0.2) is 0 Å². The van der Waals surface area contributed by atoms with Gasteiger partial charge in [0, 0.05) is 12.1 Å². The lowest BCUT2D eigenvalue weighted by Crippen LogP contribution is -2.46. The minimum Gasteiger partial charge on any atom is -0.328 e. The van der Waals surface area contributed by atoms with E-state index in [9.17, 15) is 0 Å². The highest BCUT2D eigenvalue weighted by molar-refractivity contribution is 4.84. The van der Waals surface area contributed by atoms with Crippen LogP contribution in [0.3, 0.4) is 0 Å². The van der Waals surface area contributed by atoms with Gasteiger partial charge in [0.25, 0.3) is 0 Å². The van der Waals surface area contributed by atoms with Crippen LogP contribution >= 0.6 is 0 Å². The van der Waals surface area contributed by atoms with Gasteiger partial charge in [-0.2, -0.15) is 0 Å². The van der Waals surface area contributed by atoms with Crippen LogP contribution in [-0.4, -0.2) is 30.1 Å². The molecule has 0 bridgehead atoms. The molecular weight excluding hydrogens is 184 g/mol. The molecule has 0 aromatic heterocycles. The Morgan fingerprint density at radius 2 is 1.87 bits per heavy atom. The Labute approximate surface area is 94.2 Å². The van der Waals surface area contributed by atoms with Gasteiger partial charge >= 0.3 is 0 Å². The maximum Gasteiger partial charge on any atom is 0.00979 e. The van der Waals surface area contributed by atoms with Gasteiger partial charge in [0.2, 0.25) is 0 Å². The third kappa shape index (κ3) is 2.94. The first-order valence-corrected chi connectivity index (χ1v) is 6.79. The molecule has 2 heteroatoms. The topological polar surface area (TPSA) is 29.3 Å². The monoisotopic (exact) mass is 210 g/mol. The zero-order valence-corrected chi connectivity index (χ0v) is 10.1. The second-order valence-corrected chi connectivity index (χ2v) is 5.47. The zero-order chi connectivity index (χ0) is 10.7. The Hall–Kier alpha value is -0.0800. The molecular formula is C13H26N2. The van der Waals surface area contributed by atoms with Gasteiger partial charge in [-0.05, 0) is 44.7 Å². The first-order chi connectivity index (χ1) is 7.29. The second kappa shape index (κ2) is 5.31. The third-order valence-corrected chi connectivity index (χ3v) is 4.42. The van der Waals surface area contributed by atoms with Crippen LogP contribution in [0.25, 0.3) is 0 Å². The first kappa shape index (κ1) is 11.4. The lowest BCUT2D eigenvalue weighted by molar-refractivity contribution is 0.102. The summed E-state index contributed by atoms with van der Waals surface area (Å²) in [7, 11) is 0. The van der Waals surface area contributed by atoms with Crippen molar-refractivity contribution in [3.8, 4) is 0 Å². The van der Waals surface area contributed by atoms with Crippen LogP contribution in [0.15, 0.2) is 0 Å². The number of rotatable bonds is 2. The molecule has 1 aliphatic heterocycles. The summed E-state index contributed by atoms with van der Waals surface area (Å²) >= 11 is 0. The predicted molar refractivity (Wildman–Crippen MR) is 64.8 cm³/mol. The minimum absolute atomic E-state index is 0.479. The molecule has 2 nitrogen and oxygen atoms in total. The maximum absolute atomic E-state index is 5.95. The summed E-state index contributed by atoms with van der Waals surface area (Å²) < 4.78 is 0. The summed E-state index contributed by atoms with van der Waals surface area (Å²) in [5.74, 6) is 0.999. The van der Waals surface area contributed by atoms with Crippen molar-refractivity contribution in [3.05, 3.63) is 0 Å². The average molecular weight is 210 g/mol. The highest BCUT2D eigenvalue weighted by Crippen LogP contribution is 2.30. The van der Waals surface area contributed by atoms with Crippen molar-refractivity contribution in [1.82, 2.24) is 4.90 Å². The van der Waals surface area contributed by atoms with E-state index in [2.05, 4.69) is 11.8 Å². The van der Waals surface area contributed by atoms with E-state index in [0.717, 1.165) is 12.0 Å². The highest BCUT2D eigenvalue weighted by Gasteiger charge is 2.27. The quantitative estimate of drug-likeness (QED) is 0.758. The fourth-order valence-electron chi connectivity index (χ4n) is 3.25. The standard InChI is InChI=1S/C13H26N2/c1-2-11-4-3-5-13(10-11)15-8-6-12(14)7-9-15/h11-13H,2-10,14H2,1H3. The molecule has 2 aliphatic rings. The van der Waals surface area contributed by atoms with Gasteiger partial charge in [-0.25, -0.2) is 0 Å². The lowest BCUT2D eigenvalue weighted by Gasteiger charge is -2.40. The Bertz CT molecular complexity index is 185. The van der Waals surface area contributed by atoms with Gasteiger partial charge in [-0.15, -0.1) is 0 Å². The van der Waals surface area contributed by atoms with Crippen LogP contribution < -0.4 is 5.73 Å². The molecule has 2 atom stereocenters. The third-order valence-electron chi connectivity index (χ3n) is 4.42. The number of nitrogens with zero attached hydrogens (tertiary/aromatic N) is 1. The Morgan fingerprint density at radius 1 is 1.13 bits per heavy atom. The molecule has 2 rings (SSSR count). The van der Waals surface area contributed by atoms with Gasteiger partial charge in [0.05, 0.1) is 0 Å². The van der Waals surface area contributed by atoms with Gasteiger partial charge in [0.1, 0.15) is 0 Å². The van der Waals surface area contributed by atoms with Crippen molar-refractivity contribution in [1.29, 1.82) is 0 Å². The van der Waals surface area contributed by atoms with E-state index in [0.29, 0.717) is 6.04 Å². The molecule has 2 unspecified atom stereocenters. The van der Waals surface area contributed by atoms with Gasteiger partial charge in [-0.3, -0.25) is 0 Å². The van der Waals surface area contributed by atoms with Crippen LogP contribution in [-0.2, 0) is 0 Å². The molecule has 2 N–H and O–H groups in total. The number of likely N-dealkylation sites (tertiary alicyclic amines) is 1. The first-order valence-electron chi connectivity index (χ1n) is 6.79. The van der Waals surface area contributed by atoms with Gasteiger partial charge < -0.3 is 10.6 Å². The summed E-state index contributed by atoms with van der Waals surface area (Å²) in [5, 5.41) is 0. The van der Waals surface area contributed by atoms with Crippen LogP contribution in [0.1, 0.15) is 51.9 Å². The SMILES string of the molecule is CCC1CCCC(N2CCC(N)CC2)C1. The van der Waals surface area contributed by atoms with E-state index < -0.39 is 0 Å². The van der Waals surface area contributed by atoms with Crippen molar-refractivity contribution in [2.45, 2.75) is 64.0 Å². The van der Waals surface area contributed by atoms with Gasteiger partial charge in [-0.1, -0.05) is 26.2 Å². The van der Waals surface area contributed by atoms with Crippen molar-refractivity contribution in [2.75, 3.05) is 13.1 Å². The number of piperidine rings is 1. The fourth-order valence-corrected chi connectivity index (χ4v) is 3.25. The van der Waals surface area contributed by atoms with E-state index in [1.165, 1.54) is 58.0 Å². The zero-order valence-electron chi connectivity index (χ0n) is 10.1. The van der Waals surface area contributed by atoms with Crippen LogP contribution in [0, 0.1) is 5.92 Å². The molecule has 0 amide bonds. The molecule has 1 heterocycles. The van der Waals surface area contributed by atoms with E-state index in [-0.39, 0.29) is 0 Å². The van der Waals surface area contributed by atoms with Crippen LogP contribution in [0.2, 0.25) is 0 Å². The maximum atomic E-state index is 5.95. The lowest BCUT2D eigenvalue weighted by atomic mass is 9.83.